The van der Waals surface area contributed by atoms with E-state index in [-0.39, 0.29) is 29.2 Å². The molecule has 2 fully saturated rings. The van der Waals surface area contributed by atoms with Gasteiger partial charge in [-0.05, 0) is 43.6 Å². The molecule has 2 atom stereocenters. The molecule has 0 spiro atoms. The Morgan fingerprint density at radius 1 is 1.10 bits per heavy atom. The van der Waals surface area contributed by atoms with Crippen molar-refractivity contribution in [2.45, 2.75) is 51.2 Å². The number of carbonyl (C=O) groups is 2. The highest BCUT2D eigenvalue weighted by Crippen LogP contribution is 2.32. The van der Waals surface area contributed by atoms with Crippen LogP contribution in [0.3, 0.4) is 0 Å². The number of ether oxygens (including phenoxy) is 1. The molecule has 30 heavy (non-hydrogen) atoms. The van der Waals surface area contributed by atoms with Crippen LogP contribution in [-0.2, 0) is 9.53 Å². The van der Waals surface area contributed by atoms with E-state index in [2.05, 4.69) is 6.92 Å². The molecule has 0 bridgehead atoms. The minimum atomic E-state index is -0.465. The lowest BCUT2D eigenvalue weighted by Gasteiger charge is -2.36. The lowest BCUT2D eigenvalue weighted by atomic mass is 10.0. The van der Waals surface area contributed by atoms with E-state index >= 15 is 0 Å². The maximum atomic E-state index is 13.3. The van der Waals surface area contributed by atoms with Crippen LogP contribution >= 0.6 is 0 Å². The van der Waals surface area contributed by atoms with E-state index in [4.69, 9.17) is 4.74 Å². The van der Waals surface area contributed by atoms with E-state index in [1.54, 1.807) is 17.0 Å². The molecule has 6 heteroatoms. The molecule has 2 aromatic carbocycles. The van der Waals surface area contributed by atoms with E-state index in [1.165, 1.54) is 0 Å². The number of amides is 2. The van der Waals surface area contributed by atoms with Gasteiger partial charge in [-0.25, -0.2) is 0 Å². The number of hydrogen-bond acceptors (Lipinski definition) is 4. The number of benzene rings is 2. The quantitative estimate of drug-likeness (QED) is 0.818. The lowest BCUT2D eigenvalue weighted by Crippen LogP contribution is -2.51. The van der Waals surface area contributed by atoms with Crippen LogP contribution in [0, 0.1) is 0 Å². The summed E-state index contributed by atoms with van der Waals surface area (Å²) < 4.78 is 5.87. The Morgan fingerprint density at radius 2 is 1.90 bits per heavy atom. The third-order valence-electron chi connectivity index (χ3n) is 6.18. The van der Waals surface area contributed by atoms with Crippen LogP contribution in [0.4, 0.5) is 0 Å². The first-order valence-corrected chi connectivity index (χ1v) is 11.0. The number of rotatable bonds is 5. The third kappa shape index (κ3) is 4.01. The molecule has 2 aromatic rings. The number of phenolic OH excluding ortho intramolecular Hbond substituents is 1. The molecule has 6 nitrogen and oxygen atoms in total. The van der Waals surface area contributed by atoms with Gasteiger partial charge in [-0.3, -0.25) is 9.59 Å². The fraction of sp³-hybridized carbons (Fsp3) is 0.500. The van der Waals surface area contributed by atoms with Crippen molar-refractivity contribution in [1.82, 2.24) is 9.80 Å². The van der Waals surface area contributed by atoms with Gasteiger partial charge in [0.05, 0.1) is 11.7 Å². The number of aromatic hydroxyl groups is 1. The van der Waals surface area contributed by atoms with Gasteiger partial charge in [0, 0.05) is 31.6 Å². The molecule has 2 heterocycles. The second-order valence-electron chi connectivity index (χ2n) is 8.26. The molecular formula is C24H30N2O4. The minimum absolute atomic E-state index is 0.00549. The van der Waals surface area contributed by atoms with Crippen molar-refractivity contribution in [2.75, 3.05) is 26.2 Å². The van der Waals surface area contributed by atoms with E-state index < -0.39 is 6.04 Å². The molecule has 2 saturated heterocycles. The summed E-state index contributed by atoms with van der Waals surface area (Å²) in [6.07, 6.45) is 4.40. The Morgan fingerprint density at radius 3 is 2.73 bits per heavy atom. The average molecular weight is 411 g/mol. The van der Waals surface area contributed by atoms with Crippen LogP contribution in [0.5, 0.6) is 5.75 Å². The number of phenols is 1. The van der Waals surface area contributed by atoms with Crippen molar-refractivity contribution < 1.29 is 19.4 Å². The maximum absolute atomic E-state index is 13.3. The number of nitrogens with zero attached hydrogens (tertiary/aromatic N) is 2. The van der Waals surface area contributed by atoms with E-state index in [0.717, 1.165) is 31.1 Å². The predicted octanol–water partition coefficient (Wildman–Crippen LogP) is 3.57. The summed E-state index contributed by atoms with van der Waals surface area (Å²) in [4.78, 5) is 30.1. The normalized spacial score (nSPS) is 21.9. The molecule has 4 rings (SSSR count). The molecule has 0 aromatic heterocycles. The first kappa shape index (κ1) is 20.7. The predicted molar refractivity (Wildman–Crippen MR) is 116 cm³/mol. The van der Waals surface area contributed by atoms with Crippen molar-refractivity contribution in [3.8, 4) is 5.75 Å². The topological polar surface area (TPSA) is 70.1 Å². The Balaban J connectivity index is 1.51. The van der Waals surface area contributed by atoms with E-state index in [1.807, 2.05) is 29.2 Å². The molecule has 2 aliphatic heterocycles. The average Bonchev–Trinajstić information content (AvgIpc) is 3.27. The fourth-order valence-electron chi connectivity index (χ4n) is 4.62. The van der Waals surface area contributed by atoms with Gasteiger partial charge in [-0.15, -0.1) is 0 Å². The highest BCUT2D eigenvalue weighted by molar-refractivity contribution is 6.05. The van der Waals surface area contributed by atoms with Crippen molar-refractivity contribution in [2.24, 2.45) is 0 Å². The Kier molecular flexibility index (Phi) is 6.23. The van der Waals surface area contributed by atoms with Gasteiger partial charge in [0.1, 0.15) is 11.8 Å². The second kappa shape index (κ2) is 9.04. The SMILES string of the molecule is CCCOC1CCCN(C(=O)C2CCCN2C(=O)c2ccc3ccccc3c2O)C1. The molecule has 0 radical (unpaired) electrons. The molecule has 1 N–H and O–H groups in total. The molecule has 2 unspecified atom stereocenters. The van der Waals surface area contributed by atoms with Gasteiger partial charge in [-0.1, -0.05) is 37.3 Å². The Labute approximate surface area is 177 Å². The highest BCUT2D eigenvalue weighted by Gasteiger charge is 2.39. The smallest absolute Gasteiger partial charge is 0.258 e. The van der Waals surface area contributed by atoms with Gasteiger partial charge >= 0.3 is 0 Å². The second-order valence-corrected chi connectivity index (χ2v) is 8.26. The zero-order chi connectivity index (χ0) is 21.1. The Bertz CT molecular complexity index is 929. The molecular weight excluding hydrogens is 380 g/mol. The van der Waals surface area contributed by atoms with Crippen molar-refractivity contribution in [3.63, 3.8) is 0 Å². The van der Waals surface area contributed by atoms with E-state index in [9.17, 15) is 14.7 Å². The number of hydrogen-bond donors (Lipinski definition) is 1. The van der Waals surface area contributed by atoms with Crippen LogP contribution in [-0.4, -0.2) is 65.1 Å². The maximum Gasteiger partial charge on any atom is 0.258 e. The number of likely N-dealkylation sites (tertiary alicyclic amines) is 2. The number of piperidine rings is 1. The van der Waals surface area contributed by atoms with E-state index in [0.29, 0.717) is 38.0 Å². The van der Waals surface area contributed by atoms with Crippen LogP contribution in [0.2, 0.25) is 0 Å². The zero-order valence-electron chi connectivity index (χ0n) is 17.5. The summed E-state index contributed by atoms with van der Waals surface area (Å²) in [5.41, 5.74) is 0.260. The number of carbonyl (C=O) groups excluding carboxylic acids is 2. The van der Waals surface area contributed by atoms with Crippen LogP contribution in [0.25, 0.3) is 10.8 Å². The van der Waals surface area contributed by atoms with Gasteiger partial charge < -0.3 is 19.6 Å². The monoisotopic (exact) mass is 410 g/mol. The summed E-state index contributed by atoms with van der Waals surface area (Å²) in [6, 6.07) is 10.5. The molecule has 0 saturated carbocycles. The summed E-state index contributed by atoms with van der Waals surface area (Å²) in [6.45, 7) is 4.63. The van der Waals surface area contributed by atoms with Crippen LogP contribution in [0.15, 0.2) is 36.4 Å². The van der Waals surface area contributed by atoms with Gasteiger partial charge in [-0.2, -0.15) is 0 Å². The highest BCUT2D eigenvalue weighted by atomic mass is 16.5. The first-order valence-electron chi connectivity index (χ1n) is 11.0. The summed E-state index contributed by atoms with van der Waals surface area (Å²) >= 11 is 0. The fourth-order valence-corrected chi connectivity index (χ4v) is 4.62. The molecule has 160 valence electrons. The summed E-state index contributed by atoms with van der Waals surface area (Å²) in [5.74, 6) is -0.280. The van der Waals surface area contributed by atoms with Gasteiger partial charge in [0.25, 0.3) is 5.91 Å². The summed E-state index contributed by atoms with van der Waals surface area (Å²) in [5, 5.41) is 12.2. The molecule has 2 aliphatic rings. The summed E-state index contributed by atoms with van der Waals surface area (Å²) in [7, 11) is 0. The molecule has 0 aliphatic carbocycles. The van der Waals surface area contributed by atoms with Crippen molar-refractivity contribution in [3.05, 3.63) is 42.0 Å². The first-order chi connectivity index (χ1) is 14.6. The van der Waals surface area contributed by atoms with Crippen molar-refractivity contribution in [1.29, 1.82) is 0 Å². The number of fused-ring (bicyclic) bond motifs is 1. The van der Waals surface area contributed by atoms with Crippen LogP contribution < -0.4 is 0 Å². The zero-order valence-corrected chi connectivity index (χ0v) is 17.5. The van der Waals surface area contributed by atoms with Gasteiger partial charge in [0.2, 0.25) is 5.91 Å². The van der Waals surface area contributed by atoms with Crippen molar-refractivity contribution >= 4 is 22.6 Å². The lowest BCUT2D eigenvalue weighted by molar-refractivity contribution is -0.139. The van der Waals surface area contributed by atoms with Crippen LogP contribution in [0.1, 0.15) is 49.4 Å². The van der Waals surface area contributed by atoms with Gasteiger partial charge in [0.15, 0.2) is 0 Å². The Hall–Kier alpha value is -2.60. The third-order valence-corrected chi connectivity index (χ3v) is 6.18. The largest absolute Gasteiger partial charge is 0.506 e. The minimum Gasteiger partial charge on any atom is -0.506 e. The molecule has 2 amide bonds. The standard InChI is InChI=1S/C24H30N2O4/c1-2-15-30-18-8-5-13-25(16-18)24(29)21-10-6-14-26(21)23(28)20-12-11-17-7-3-4-9-19(17)22(20)27/h3-4,7,9,11-12,18,21,27H,2,5-6,8,10,13-16H2,1H3.